The molecule has 54 heavy (non-hydrogen) atoms. The van der Waals surface area contributed by atoms with Crippen LogP contribution in [-0.2, 0) is 0 Å². The van der Waals surface area contributed by atoms with Gasteiger partial charge in [0.2, 0.25) is 0 Å². The molecular weight excluding hydrogens is 657 g/mol. The maximum Gasteiger partial charge on any atom is 0.136 e. The van der Waals surface area contributed by atoms with Gasteiger partial charge in [-0.3, -0.25) is 4.98 Å². The summed E-state index contributed by atoms with van der Waals surface area (Å²) in [5.41, 5.74) is 9.55. The van der Waals surface area contributed by atoms with E-state index in [0.29, 0.717) is 0 Å². The van der Waals surface area contributed by atoms with Gasteiger partial charge in [0.05, 0.1) is 11.9 Å². The zero-order chi connectivity index (χ0) is 35.6. The molecule has 0 saturated carbocycles. The molecule has 11 rings (SSSR count). The summed E-state index contributed by atoms with van der Waals surface area (Å²) in [6, 6.07) is 65.4. The van der Waals surface area contributed by atoms with Gasteiger partial charge in [-0.25, -0.2) is 0 Å². The van der Waals surface area contributed by atoms with Gasteiger partial charge in [0.25, 0.3) is 0 Å². The number of nitrogens with zero attached hydrogens (tertiary/aromatic N) is 2. The fourth-order valence-electron chi connectivity index (χ4n) is 8.37. The summed E-state index contributed by atoms with van der Waals surface area (Å²) in [5, 5.41) is 11.7. The standard InChI is InChI=1S/C51H32N2O/c1-3-19-40-33(12-1)14-11-24-41(40)34-15-9-17-38(26-34)53(49-32-52-31-37-29-51-48(30-47(37)49)45-23-7-8-25-50(45)54-51)39-18-10-16-35(27-39)46-28-36-13-2-4-20-42(36)43-21-5-6-22-44(43)46/h1-32H. The van der Waals surface area contributed by atoms with E-state index in [4.69, 9.17) is 9.40 Å². The Morgan fingerprint density at radius 3 is 1.80 bits per heavy atom. The lowest BCUT2D eigenvalue weighted by atomic mass is 9.93. The highest BCUT2D eigenvalue weighted by molar-refractivity contribution is 6.15. The summed E-state index contributed by atoms with van der Waals surface area (Å²) in [6.07, 6.45) is 3.94. The lowest BCUT2D eigenvalue weighted by molar-refractivity contribution is 0.669. The molecule has 3 heteroatoms. The monoisotopic (exact) mass is 688 g/mol. The molecule has 0 aliphatic heterocycles. The second kappa shape index (κ2) is 12.2. The van der Waals surface area contributed by atoms with Gasteiger partial charge in [0.1, 0.15) is 11.2 Å². The summed E-state index contributed by atoms with van der Waals surface area (Å²) in [7, 11) is 0. The maximum atomic E-state index is 6.32. The highest BCUT2D eigenvalue weighted by Gasteiger charge is 2.20. The second-order valence-corrected chi connectivity index (χ2v) is 14.0. The minimum absolute atomic E-state index is 0.859. The molecule has 0 aliphatic carbocycles. The number of rotatable bonds is 5. The molecule has 9 aromatic carbocycles. The number of pyridine rings is 1. The van der Waals surface area contributed by atoms with E-state index in [1.54, 1.807) is 0 Å². The molecule has 11 aromatic rings. The Kier molecular flexibility index (Phi) is 6.86. The van der Waals surface area contributed by atoms with Crippen molar-refractivity contribution in [1.82, 2.24) is 4.98 Å². The normalized spacial score (nSPS) is 11.7. The molecule has 0 saturated heterocycles. The van der Waals surface area contributed by atoms with Crippen LogP contribution in [0.15, 0.2) is 199 Å². The van der Waals surface area contributed by atoms with Crippen molar-refractivity contribution in [2.75, 3.05) is 4.90 Å². The SMILES string of the molecule is c1cc(-c2cccc3ccccc23)cc(N(c2cccc(-c3cc4ccccc4c4ccccc34)c2)c2cncc3cc4oc5ccccc5c4cc23)c1. The van der Waals surface area contributed by atoms with Crippen molar-refractivity contribution in [3.8, 4) is 22.3 Å². The third-order valence-corrected chi connectivity index (χ3v) is 10.9. The number of fused-ring (bicyclic) bond motifs is 8. The number of furan rings is 1. The topological polar surface area (TPSA) is 29.3 Å². The van der Waals surface area contributed by atoms with Gasteiger partial charge in [-0.15, -0.1) is 0 Å². The van der Waals surface area contributed by atoms with Crippen LogP contribution in [-0.4, -0.2) is 4.98 Å². The Morgan fingerprint density at radius 1 is 0.352 bits per heavy atom. The predicted octanol–water partition coefficient (Wildman–Crippen LogP) is 14.4. The number of aromatic nitrogens is 1. The van der Waals surface area contributed by atoms with Gasteiger partial charge in [0.15, 0.2) is 0 Å². The predicted molar refractivity (Wildman–Crippen MR) is 227 cm³/mol. The Bertz CT molecular complexity index is 3240. The van der Waals surface area contributed by atoms with Crippen LogP contribution < -0.4 is 4.90 Å². The van der Waals surface area contributed by atoms with E-state index in [9.17, 15) is 0 Å². The van der Waals surface area contributed by atoms with E-state index in [1.807, 2.05) is 24.5 Å². The van der Waals surface area contributed by atoms with Crippen LogP contribution in [0.3, 0.4) is 0 Å². The lowest BCUT2D eigenvalue weighted by Gasteiger charge is -2.27. The minimum atomic E-state index is 0.859. The Labute approximate surface area is 312 Å². The zero-order valence-corrected chi connectivity index (χ0v) is 29.3. The van der Waals surface area contributed by atoms with Crippen molar-refractivity contribution >= 4 is 82.1 Å². The van der Waals surface area contributed by atoms with E-state index in [1.165, 1.54) is 43.4 Å². The summed E-state index contributed by atoms with van der Waals surface area (Å²) >= 11 is 0. The molecule has 252 valence electrons. The van der Waals surface area contributed by atoms with E-state index < -0.39 is 0 Å². The summed E-state index contributed by atoms with van der Waals surface area (Å²) in [4.78, 5) is 7.21. The number of hydrogen-bond donors (Lipinski definition) is 0. The first-order valence-corrected chi connectivity index (χ1v) is 18.4. The number of para-hydroxylation sites is 1. The van der Waals surface area contributed by atoms with Crippen molar-refractivity contribution in [3.05, 3.63) is 194 Å². The van der Waals surface area contributed by atoms with Crippen LogP contribution in [0.5, 0.6) is 0 Å². The number of hydrogen-bond acceptors (Lipinski definition) is 3. The van der Waals surface area contributed by atoms with Crippen LogP contribution in [0, 0.1) is 0 Å². The molecule has 0 atom stereocenters. The molecule has 0 N–H and O–H groups in total. The molecule has 0 unspecified atom stereocenters. The number of anilines is 3. The Morgan fingerprint density at radius 2 is 0.981 bits per heavy atom. The van der Waals surface area contributed by atoms with Gasteiger partial charge in [0, 0.05) is 39.1 Å². The fourth-order valence-corrected chi connectivity index (χ4v) is 8.37. The van der Waals surface area contributed by atoms with Crippen molar-refractivity contribution in [2.45, 2.75) is 0 Å². The van der Waals surface area contributed by atoms with Gasteiger partial charge in [-0.05, 0) is 103 Å². The molecule has 0 spiro atoms. The van der Waals surface area contributed by atoms with Gasteiger partial charge in [-0.1, -0.05) is 133 Å². The van der Waals surface area contributed by atoms with Gasteiger partial charge >= 0.3 is 0 Å². The maximum absolute atomic E-state index is 6.32. The van der Waals surface area contributed by atoms with E-state index in [2.05, 4.69) is 175 Å². The average molecular weight is 689 g/mol. The van der Waals surface area contributed by atoms with Crippen LogP contribution in [0.1, 0.15) is 0 Å². The lowest BCUT2D eigenvalue weighted by Crippen LogP contribution is -2.11. The average Bonchev–Trinajstić information content (AvgIpc) is 3.60. The summed E-state index contributed by atoms with van der Waals surface area (Å²) in [5.74, 6) is 0. The zero-order valence-electron chi connectivity index (χ0n) is 29.3. The largest absolute Gasteiger partial charge is 0.456 e. The first-order valence-electron chi connectivity index (χ1n) is 18.4. The third-order valence-electron chi connectivity index (χ3n) is 10.9. The summed E-state index contributed by atoms with van der Waals surface area (Å²) in [6.45, 7) is 0. The molecular formula is C51H32N2O. The van der Waals surface area contributed by atoms with Crippen molar-refractivity contribution < 1.29 is 4.42 Å². The van der Waals surface area contributed by atoms with Gasteiger partial charge in [-0.2, -0.15) is 0 Å². The number of benzene rings is 9. The van der Waals surface area contributed by atoms with Crippen molar-refractivity contribution in [2.24, 2.45) is 0 Å². The Balaban J connectivity index is 1.17. The molecule has 0 amide bonds. The molecule has 0 fully saturated rings. The second-order valence-electron chi connectivity index (χ2n) is 14.0. The highest BCUT2D eigenvalue weighted by atomic mass is 16.3. The van der Waals surface area contributed by atoms with Crippen LogP contribution >= 0.6 is 0 Å². The third kappa shape index (κ3) is 4.87. The van der Waals surface area contributed by atoms with Gasteiger partial charge < -0.3 is 9.32 Å². The molecule has 0 radical (unpaired) electrons. The molecule has 2 aromatic heterocycles. The first kappa shape index (κ1) is 30.4. The minimum Gasteiger partial charge on any atom is -0.456 e. The van der Waals surface area contributed by atoms with Crippen LogP contribution in [0.4, 0.5) is 17.1 Å². The van der Waals surface area contributed by atoms with Crippen LogP contribution in [0.25, 0.3) is 87.3 Å². The van der Waals surface area contributed by atoms with E-state index in [-0.39, 0.29) is 0 Å². The smallest absolute Gasteiger partial charge is 0.136 e. The molecule has 0 aliphatic rings. The molecule has 0 bridgehead atoms. The highest BCUT2D eigenvalue weighted by Crippen LogP contribution is 2.44. The first-order chi connectivity index (χ1) is 26.8. The Hall–Kier alpha value is -7.23. The summed E-state index contributed by atoms with van der Waals surface area (Å²) < 4.78 is 6.32. The fraction of sp³-hybridized carbons (Fsp3) is 0. The molecule has 2 heterocycles. The van der Waals surface area contributed by atoms with E-state index >= 15 is 0 Å². The van der Waals surface area contributed by atoms with Crippen molar-refractivity contribution in [3.63, 3.8) is 0 Å². The van der Waals surface area contributed by atoms with E-state index in [0.717, 1.165) is 60.9 Å². The molecule has 3 nitrogen and oxygen atoms in total. The van der Waals surface area contributed by atoms with Crippen LogP contribution in [0.2, 0.25) is 0 Å². The quantitative estimate of drug-likeness (QED) is 0.169. The van der Waals surface area contributed by atoms with Crippen molar-refractivity contribution in [1.29, 1.82) is 0 Å².